The second kappa shape index (κ2) is 10.8. The number of carbonyl (C=O) groups is 2. The van der Waals surface area contributed by atoms with Crippen molar-refractivity contribution in [3.63, 3.8) is 0 Å². The molecule has 0 spiro atoms. The highest BCUT2D eigenvalue weighted by molar-refractivity contribution is 7.99. The van der Waals surface area contributed by atoms with Gasteiger partial charge in [-0.25, -0.2) is 4.79 Å². The number of nitrogens with one attached hydrogen (secondary N) is 1. The molecule has 2 aromatic heterocycles. The first-order chi connectivity index (χ1) is 16.4. The van der Waals surface area contributed by atoms with Crippen LogP contribution in [0.1, 0.15) is 45.5 Å². The van der Waals surface area contributed by atoms with Crippen LogP contribution >= 0.6 is 34.7 Å². The molecule has 11 heteroatoms. The Morgan fingerprint density at radius 2 is 2.12 bits per heavy atom. The summed E-state index contributed by atoms with van der Waals surface area (Å²) < 4.78 is 12.8. The predicted molar refractivity (Wildman–Crippen MR) is 133 cm³/mol. The Hall–Kier alpha value is -2.56. The largest absolute Gasteiger partial charge is 0.486 e. The summed E-state index contributed by atoms with van der Waals surface area (Å²) in [6.45, 7) is 4.22. The number of esters is 1. The van der Waals surface area contributed by atoms with Gasteiger partial charge in [0.15, 0.2) is 11.0 Å². The van der Waals surface area contributed by atoms with E-state index in [1.54, 1.807) is 23.6 Å². The van der Waals surface area contributed by atoms with Crippen molar-refractivity contribution >= 4 is 51.6 Å². The molecule has 0 aliphatic heterocycles. The fourth-order valence-corrected chi connectivity index (χ4v) is 5.80. The van der Waals surface area contributed by atoms with Crippen LogP contribution in [-0.4, -0.2) is 39.0 Å². The van der Waals surface area contributed by atoms with Crippen molar-refractivity contribution < 1.29 is 19.1 Å². The standard InChI is InChI=1S/C23H25ClN4O4S2/c1-4-31-22(30)20-15-6-5-7-17(15)34-21(20)25-19(29)12-33-23-27-26-18(28(23)3)11-32-14-8-9-16(24)13(2)10-14/h8-10H,4-7,11-12H2,1-3H3,(H,25,29). The van der Waals surface area contributed by atoms with Crippen molar-refractivity contribution in [1.82, 2.24) is 14.8 Å². The highest BCUT2D eigenvalue weighted by Gasteiger charge is 2.28. The van der Waals surface area contributed by atoms with E-state index in [1.807, 2.05) is 20.0 Å². The number of hydrogen-bond acceptors (Lipinski definition) is 8. The van der Waals surface area contributed by atoms with E-state index in [0.717, 1.165) is 35.3 Å². The number of fused-ring (bicyclic) bond motifs is 1. The maximum Gasteiger partial charge on any atom is 0.341 e. The molecule has 8 nitrogen and oxygen atoms in total. The number of amides is 1. The molecule has 0 saturated heterocycles. The predicted octanol–water partition coefficient (Wildman–Crippen LogP) is 4.81. The lowest BCUT2D eigenvalue weighted by Gasteiger charge is -2.09. The molecular weight excluding hydrogens is 496 g/mol. The summed E-state index contributed by atoms with van der Waals surface area (Å²) in [6, 6.07) is 5.46. The van der Waals surface area contributed by atoms with Gasteiger partial charge in [0.25, 0.3) is 0 Å². The highest BCUT2D eigenvalue weighted by atomic mass is 35.5. The average molecular weight is 521 g/mol. The summed E-state index contributed by atoms with van der Waals surface area (Å²) >= 11 is 8.79. The minimum Gasteiger partial charge on any atom is -0.486 e. The van der Waals surface area contributed by atoms with Gasteiger partial charge in [-0.1, -0.05) is 23.4 Å². The van der Waals surface area contributed by atoms with Crippen LogP contribution in [-0.2, 0) is 36.0 Å². The lowest BCUT2D eigenvalue weighted by Crippen LogP contribution is -2.17. The Morgan fingerprint density at radius 3 is 2.88 bits per heavy atom. The molecule has 1 aromatic carbocycles. The molecule has 0 fully saturated rings. The molecule has 0 unspecified atom stereocenters. The summed E-state index contributed by atoms with van der Waals surface area (Å²) in [6.07, 6.45) is 2.79. The summed E-state index contributed by atoms with van der Waals surface area (Å²) in [5, 5.41) is 13.1. The quantitative estimate of drug-likeness (QED) is 0.319. The molecule has 180 valence electrons. The molecule has 1 N–H and O–H groups in total. The van der Waals surface area contributed by atoms with Gasteiger partial charge in [0.1, 0.15) is 17.4 Å². The third-order valence-corrected chi connectivity index (χ3v) is 8.06. The highest BCUT2D eigenvalue weighted by Crippen LogP contribution is 2.39. The molecule has 1 aliphatic carbocycles. The van der Waals surface area contributed by atoms with Gasteiger partial charge in [-0.05, 0) is 62.4 Å². The lowest BCUT2D eigenvalue weighted by atomic mass is 10.1. The van der Waals surface area contributed by atoms with Gasteiger partial charge in [-0.2, -0.15) is 0 Å². The van der Waals surface area contributed by atoms with Crippen molar-refractivity contribution in [2.45, 2.75) is 44.9 Å². The first-order valence-electron chi connectivity index (χ1n) is 10.9. The number of ether oxygens (including phenoxy) is 2. The van der Waals surface area contributed by atoms with Gasteiger partial charge in [0, 0.05) is 16.9 Å². The van der Waals surface area contributed by atoms with Gasteiger partial charge >= 0.3 is 5.97 Å². The van der Waals surface area contributed by atoms with Crippen LogP contribution in [0.5, 0.6) is 5.75 Å². The first kappa shape index (κ1) is 24.6. The van der Waals surface area contributed by atoms with Crippen molar-refractivity contribution in [2.75, 3.05) is 17.7 Å². The van der Waals surface area contributed by atoms with E-state index < -0.39 is 0 Å². The summed E-state index contributed by atoms with van der Waals surface area (Å²) in [5.41, 5.74) is 2.45. The number of aryl methyl sites for hydroxylation is 2. The molecule has 1 aliphatic rings. The Bertz CT molecular complexity index is 1220. The number of carbonyl (C=O) groups excluding carboxylic acids is 2. The van der Waals surface area contributed by atoms with Crippen LogP contribution in [0, 0.1) is 6.92 Å². The van der Waals surface area contributed by atoms with E-state index >= 15 is 0 Å². The maximum absolute atomic E-state index is 12.7. The van der Waals surface area contributed by atoms with Crippen LogP contribution in [0.2, 0.25) is 5.02 Å². The monoisotopic (exact) mass is 520 g/mol. The lowest BCUT2D eigenvalue weighted by molar-refractivity contribution is -0.113. The summed E-state index contributed by atoms with van der Waals surface area (Å²) in [7, 11) is 1.83. The number of anilines is 1. The zero-order chi connectivity index (χ0) is 24.2. The first-order valence-corrected chi connectivity index (χ1v) is 13.1. The fourth-order valence-electron chi connectivity index (χ4n) is 3.66. The van der Waals surface area contributed by atoms with Crippen molar-refractivity contribution in [2.24, 2.45) is 7.05 Å². The smallest absolute Gasteiger partial charge is 0.341 e. The van der Waals surface area contributed by atoms with Gasteiger partial charge in [0.05, 0.1) is 17.9 Å². The maximum atomic E-state index is 12.7. The second-order valence-electron chi connectivity index (χ2n) is 7.78. The molecular formula is C23H25ClN4O4S2. The molecule has 0 radical (unpaired) electrons. The van der Waals surface area contributed by atoms with Gasteiger partial charge in [-0.15, -0.1) is 21.5 Å². The van der Waals surface area contributed by atoms with Gasteiger partial charge < -0.3 is 19.4 Å². The van der Waals surface area contributed by atoms with Crippen LogP contribution in [0.3, 0.4) is 0 Å². The Kier molecular flexibility index (Phi) is 7.80. The number of thiophene rings is 1. The second-order valence-corrected chi connectivity index (χ2v) is 10.2. The third kappa shape index (κ3) is 5.39. The molecule has 3 aromatic rings. The molecule has 4 rings (SSSR count). The Morgan fingerprint density at radius 1 is 1.29 bits per heavy atom. The fraction of sp³-hybridized carbons (Fsp3) is 0.391. The van der Waals surface area contributed by atoms with E-state index in [-0.39, 0.29) is 24.2 Å². The number of rotatable bonds is 9. The number of benzene rings is 1. The van der Waals surface area contributed by atoms with Crippen LogP contribution in [0.4, 0.5) is 5.00 Å². The number of nitrogens with zero attached hydrogens (tertiary/aromatic N) is 3. The molecule has 0 atom stereocenters. The van der Waals surface area contributed by atoms with Gasteiger partial charge in [0.2, 0.25) is 5.91 Å². The van der Waals surface area contributed by atoms with E-state index in [1.165, 1.54) is 23.1 Å². The zero-order valence-corrected chi connectivity index (χ0v) is 21.5. The normalized spacial score (nSPS) is 12.5. The number of thioether (sulfide) groups is 1. The SMILES string of the molecule is CCOC(=O)c1c(NC(=O)CSc2nnc(COc3ccc(Cl)c(C)c3)n2C)sc2c1CCC2. The van der Waals surface area contributed by atoms with Crippen LogP contribution in [0.15, 0.2) is 23.4 Å². The van der Waals surface area contributed by atoms with E-state index in [4.69, 9.17) is 21.1 Å². The Balaban J connectivity index is 1.35. The Labute approximate surface area is 211 Å². The topological polar surface area (TPSA) is 95.3 Å². The number of halogens is 1. The minimum atomic E-state index is -0.376. The zero-order valence-electron chi connectivity index (χ0n) is 19.1. The molecule has 0 saturated carbocycles. The third-order valence-electron chi connectivity index (χ3n) is 5.41. The van der Waals surface area contributed by atoms with Crippen molar-refractivity contribution in [3.8, 4) is 5.75 Å². The molecule has 34 heavy (non-hydrogen) atoms. The van der Waals surface area contributed by atoms with E-state index in [2.05, 4.69) is 15.5 Å². The number of aromatic nitrogens is 3. The van der Waals surface area contributed by atoms with Crippen molar-refractivity contribution in [1.29, 1.82) is 0 Å². The molecule has 0 bridgehead atoms. The minimum absolute atomic E-state index is 0.133. The van der Waals surface area contributed by atoms with E-state index in [9.17, 15) is 9.59 Å². The summed E-state index contributed by atoms with van der Waals surface area (Å²) in [5.74, 6) is 0.869. The molecule has 2 heterocycles. The molecule has 1 amide bonds. The van der Waals surface area contributed by atoms with Gasteiger partial charge in [-0.3, -0.25) is 4.79 Å². The van der Waals surface area contributed by atoms with Crippen LogP contribution < -0.4 is 10.1 Å². The average Bonchev–Trinajstić information content (AvgIpc) is 3.48. The van der Waals surface area contributed by atoms with Crippen molar-refractivity contribution in [3.05, 3.63) is 50.6 Å². The summed E-state index contributed by atoms with van der Waals surface area (Å²) in [4.78, 5) is 26.3. The van der Waals surface area contributed by atoms with E-state index in [0.29, 0.717) is 38.9 Å². The van der Waals surface area contributed by atoms with Crippen LogP contribution in [0.25, 0.3) is 0 Å². The number of hydrogen-bond donors (Lipinski definition) is 1.